The van der Waals surface area contributed by atoms with Crippen molar-refractivity contribution in [3.8, 4) is 0 Å². The van der Waals surface area contributed by atoms with Gasteiger partial charge in [0.15, 0.2) is 5.03 Å². The van der Waals surface area contributed by atoms with Crippen LogP contribution in [0.1, 0.15) is 30.5 Å². The van der Waals surface area contributed by atoms with Gasteiger partial charge in [0.2, 0.25) is 0 Å². The van der Waals surface area contributed by atoms with Gasteiger partial charge in [0, 0.05) is 6.54 Å². The van der Waals surface area contributed by atoms with Gasteiger partial charge in [-0.15, -0.1) is 0 Å². The van der Waals surface area contributed by atoms with Gasteiger partial charge in [0.25, 0.3) is 10.0 Å². The fourth-order valence-corrected chi connectivity index (χ4v) is 3.35. The third-order valence-electron chi connectivity index (χ3n) is 3.04. The highest BCUT2D eigenvalue weighted by molar-refractivity contribution is 7.89. The molecule has 102 valence electrons. The summed E-state index contributed by atoms with van der Waals surface area (Å²) in [6.07, 6.45) is 4.20. The zero-order valence-corrected chi connectivity index (χ0v) is 11.2. The summed E-state index contributed by atoms with van der Waals surface area (Å²) >= 11 is 0. The maximum atomic E-state index is 12.1. The Balaban J connectivity index is 1.89. The first-order valence-electron chi connectivity index (χ1n) is 5.98. The second-order valence-corrected chi connectivity index (χ2v) is 6.15. The largest absolute Gasteiger partial charge is 0.335 e. The van der Waals surface area contributed by atoms with Gasteiger partial charge in [0.05, 0.1) is 18.6 Å². The van der Waals surface area contributed by atoms with Crippen molar-refractivity contribution in [2.75, 3.05) is 0 Å². The Bertz CT molecular complexity index is 675. The predicted octanol–water partition coefficient (Wildman–Crippen LogP) is 0.123. The normalized spacial score (nSPS) is 19.3. The minimum absolute atomic E-state index is 0.0564. The molecule has 0 amide bonds. The van der Waals surface area contributed by atoms with Crippen LogP contribution in [0, 0.1) is 6.92 Å². The van der Waals surface area contributed by atoms with Crippen molar-refractivity contribution in [2.45, 2.75) is 37.4 Å². The average molecular weight is 282 g/mol. The molecular formula is C10H14N6O2S. The zero-order valence-electron chi connectivity index (χ0n) is 10.4. The highest BCUT2D eigenvalue weighted by Gasteiger charge is 2.28. The van der Waals surface area contributed by atoms with Crippen molar-refractivity contribution in [1.82, 2.24) is 29.5 Å². The van der Waals surface area contributed by atoms with Gasteiger partial charge >= 0.3 is 0 Å². The number of imidazole rings is 1. The first-order valence-corrected chi connectivity index (χ1v) is 7.46. The van der Waals surface area contributed by atoms with Gasteiger partial charge < -0.3 is 4.98 Å². The smallest absolute Gasteiger partial charge is 0.258 e. The Morgan fingerprint density at radius 3 is 3.11 bits per heavy atom. The van der Waals surface area contributed by atoms with E-state index in [2.05, 4.69) is 24.8 Å². The number of fused-ring (bicyclic) bond motifs is 1. The lowest BCUT2D eigenvalue weighted by atomic mass is 10.1. The van der Waals surface area contributed by atoms with Gasteiger partial charge in [-0.2, -0.15) is 9.82 Å². The number of H-pyrrole nitrogens is 1. The summed E-state index contributed by atoms with van der Waals surface area (Å²) in [5.41, 5.74) is 0. The number of rotatable bonds is 3. The number of nitrogens with one attached hydrogen (secondary N) is 2. The fraction of sp³-hybridized carbons (Fsp3) is 0.500. The van der Waals surface area contributed by atoms with E-state index in [0.29, 0.717) is 18.1 Å². The Morgan fingerprint density at radius 1 is 1.53 bits per heavy atom. The Kier molecular flexibility index (Phi) is 2.86. The third-order valence-corrected chi connectivity index (χ3v) is 4.44. The number of hydrogen-bond donors (Lipinski definition) is 2. The summed E-state index contributed by atoms with van der Waals surface area (Å²) in [6, 6.07) is -0.344. The van der Waals surface area contributed by atoms with E-state index in [0.717, 1.165) is 13.0 Å². The average Bonchev–Trinajstić information content (AvgIpc) is 2.96. The summed E-state index contributed by atoms with van der Waals surface area (Å²) < 4.78 is 28.7. The molecule has 1 atom stereocenters. The number of nitrogens with zero attached hydrogens (tertiary/aromatic N) is 4. The molecule has 19 heavy (non-hydrogen) atoms. The quantitative estimate of drug-likeness (QED) is 0.832. The number of hydrogen-bond acceptors (Lipinski definition) is 5. The molecule has 0 fully saturated rings. The number of aromatic nitrogens is 5. The molecule has 3 heterocycles. The number of aryl methyl sites for hydroxylation is 2. The number of sulfonamides is 1. The molecule has 0 spiro atoms. The monoisotopic (exact) mass is 282 g/mol. The van der Waals surface area contributed by atoms with Crippen molar-refractivity contribution in [1.29, 1.82) is 0 Å². The van der Waals surface area contributed by atoms with E-state index < -0.39 is 10.0 Å². The minimum atomic E-state index is -3.60. The van der Waals surface area contributed by atoms with Crippen LogP contribution >= 0.6 is 0 Å². The molecule has 0 bridgehead atoms. The van der Waals surface area contributed by atoms with Crippen molar-refractivity contribution in [3.63, 3.8) is 0 Å². The van der Waals surface area contributed by atoms with Gasteiger partial charge in [-0.25, -0.2) is 23.1 Å². The fourth-order valence-electron chi connectivity index (χ4n) is 2.22. The molecular weight excluding hydrogens is 268 g/mol. The molecule has 0 radical (unpaired) electrons. The first-order chi connectivity index (χ1) is 9.06. The topological polar surface area (TPSA) is 106 Å². The molecule has 1 aliphatic heterocycles. The van der Waals surface area contributed by atoms with E-state index in [9.17, 15) is 8.42 Å². The van der Waals surface area contributed by atoms with Crippen LogP contribution in [-0.2, 0) is 16.6 Å². The molecule has 9 heteroatoms. The Labute approximate surface area is 110 Å². The maximum Gasteiger partial charge on any atom is 0.258 e. The standard InChI is InChI=1S/C10H14N6O2S/c1-7-13-10-8(3-2-4-16(10)14-7)15-19(17,18)9-5-11-6-12-9/h5-6,8,15H,2-4H2,1H3,(H,11,12)/t8-/m0/s1. The molecule has 3 rings (SSSR count). The molecule has 2 aromatic heterocycles. The molecule has 2 N–H and O–H groups in total. The van der Waals surface area contributed by atoms with Crippen LogP contribution in [0.25, 0.3) is 0 Å². The maximum absolute atomic E-state index is 12.1. The van der Waals surface area contributed by atoms with Crippen LogP contribution in [0.3, 0.4) is 0 Å². The highest BCUT2D eigenvalue weighted by Crippen LogP contribution is 2.24. The molecule has 0 aromatic carbocycles. The lowest BCUT2D eigenvalue weighted by molar-refractivity contribution is 0.399. The number of aromatic amines is 1. The molecule has 0 aliphatic carbocycles. The zero-order chi connectivity index (χ0) is 13.5. The van der Waals surface area contributed by atoms with Crippen LogP contribution in [0.15, 0.2) is 17.6 Å². The van der Waals surface area contributed by atoms with E-state index >= 15 is 0 Å². The van der Waals surface area contributed by atoms with Gasteiger partial charge in [-0.05, 0) is 19.8 Å². The second kappa shape index (κ2) is 4.42. The van der Waals surface area contributed by atoms with Crippen LogP contribution in [0.5, 0.6) is 0 Å². The van der Waals surface area contributed by atoms with E-state index in [1.807, 2.05) is 0 Å². The van der Waals surface area contributed by atoms with Crippen molar-refractivity contribution >= 4 is 10.0 Å². The molecule has 8 nitrogen and oxygen atoms in total. The lowest BCUT2D eigenvalue weighted by Crippen LogP contribution is -2.33. The van der Waals surface area contributed by atoms with Crippen molar-refractivity contribution in [2.24, 2.45) is 0 Å². The summed E-state index contributed by atoms with van der Waals surface area (Å²) in [4.78, 5) is 10.6. The van der Waals surface area contributed by atoms with E-state index in [4.69, 9.17) is 0 Å². The first kappa shape index (κ1) is 12.3. The van der Waals surface area contributed by atoms with Crippen LogP contribution in [0.4, 0.5) is 0 Å². The van der Waals surface area contributed by atoms with Crippen molar-refractivity contribution < 1.29 is 8.42 Å². The summed E-state index contributed by atoms with van der Waals surface area (Å²) in [7, 11) is -3.60. The predicted molar refractivity (Wildman–Crippen MR) is 65.6 cm³/mol. The molecule has 2 aromatic rings. The van der Waals surface area contributed by atoms with E-state index in [1.165, 1.54) is 12.5 Å². The second-order valence-electron chi connectivity index (χ2n) is 4.47. The van der Waals surface area contributed by atoms with Crippen LogP contribution in [-0.4, -0.2) is 33.2 Å². The molecule has 1 aliphatic rings. The van der Waals surface area contributed by atoms with Crippen LogP contribution < -0.4 is 4.72 Å². The molecule has 0 saturated heterocycles. The highest BCUT2D eigenvalue weighted by atomic mass is 32.2. The minimum Gasteiger partial charge on any atom is -0.335 e. The summed E-state index contributed by atoms with van der Waals surface area (Å²) in [6.45, 7) is 2.57. The third kappa shape index (κ3) is 2.26. The molecule has 0 unspecified atom stereocenters. The summed E-state index contributed by atoms with van der Waals surface area (Å²) in [5.74, 6) is 1.33. The SMILES string of the molecule is Cc1nc2n(n1)CCC[C@@H]2NS(=O)(=O)c1cnc[nH]1. The van der Waals surface area contributed by atoms with Gasteiger partial charge in [-0.1, -0.05) is 0 Å². The molecule has 0 saturated carbocycles. The van der Waals surface area contributed by atoms with Gasteiger partial charge in [-0.3, -0.25) is 0 Å². The van der Waals surface area contributed by atoms with Crippen molar-refractivity contribution in [3.05, 3.63) is 24.2 Å². The Morgan fingerprint density at radius 2 is 2.37 bits per heavy atom. The van der Waals surface area contributed by atoms with Gasteiger partial charge in [0.1, 0.15) is 11.6 Å². The van der Waals surface area contributed by atoms with E-state index in [-0.39, 0.29) is 11.1 Å². The summed E-state index contributed by atoms with van der Waals surface area (Å²) in [5, 5.41) is 4.30. The van der Waals surface area contributed by atoms with E-state index in [1.54, 1.807) is 11.6 Å². The Hall–Kier alpha value is -1.74. The van der Waals surface area contributed by atoms with Crippen LogP contribution in [0.2, 0.25) is 0 Å². The lowest BCUT2D eigenvalue weighted by Gasteiger charge is -2.22.